The summed E-state index contributed by atoms with van der Waals surface area (Å²) in [5.74, 6) is -0.209. The van der Waals surface area contributed by atoms with Crippen molar-refractivity contribution in [1.29, 1.82) is 0 Å². The van der Waals surface area contributed by atoms with Gasteiger partial charge in [0.2, 0.25) is 0 Å². The van der Waals surface area contributed by atoms with Crippen LogP contribution in [0.5, 0.6) is 0 Å². The van der Waals surface area contributed by atoms with Crippen molar-refractivity contribution in [3.8, 4) is 0 Å². The molecular weight excluding hydrogens is 255 g/mol. The van der Waals surface area contributed by atoms with Gasteiger partial charge in [0.1, 0.15) is 5.82 Å². The van der Waals surface area contributed by atoms with Gasteiger partial charge in [-0.3, -0.25) is 4.98 Å². The number of anilines is 1. The Labute approximate surface area is 117 Å². The summed E-state index contributed by atoms with van der Waals surface area (Å²) in [4.78, 5) is 6.05. The van der Waals surface area contributed by atoms with E-state index in [1.165, 1.54) is 6.07 Å². The molecule has 0 aliphatic carbocycles. The second-order valence-electron chi connectivity index (χ2n) is 5.21. The highest BCUT2D eigenvalue weighted by Crippen LogP contribution is 2.34. The quantitative estimate of drug-likeness (QED) is 0.913. The van der Waals surface area contributed by atoms with E-state index in [1.54, 1.807) is 24.5 Å². The molecule has 0 amide bonds. The third-order valence-electron chi connectivity index (χ3n) is 3.98. The van der Waals surface area contributed by atoms with Gasteiger partial charge in [0.25, 0.3) is 0 Å². The molecule has 0 bridgehead atoms. The van der Waals surface area contributed by atoms with Crippen molar-refractivity contribution in [3.05, 3.63) is 60.2 Å². The molecule has 0 spiro atoms. The van der Waals surface area contributed by atoms with Crippen LogP contribution < -0.4 is 4.90 Å². The van der Waals surface area contributed by atoms with Crippen LogP contribution in [0.25, 0.3) is 0 Å². The molecule has 0 unspecified atom stereocenters. The van der Waals surface area contributed by atoms with E-state index in [2.05, 4.69) is 4.98 Å². The van der Waals surface area contributed by atoms with Crippen LogP contribution in [0.15, 0.2) is 48.8 Å². The summed E-state index contributed by atoms with van der Waals surface area (Å²) in [6.45, 7) is 1.26. The Morgan fingerprint density at radius 3 is 2.50 bits per heavy atom. The lowest BCUT2D eigenvalue weighted by molar-refractivity contribution is 0.0113. The Balaban J connectivity index is 1.76. The van der Waals surface area contributed by atoms with Gasteiger partial charge in [0.15, 0.2) is 0 Å². The molecular formula is C16H17FN2O. The predicted molar refractivity (Wildman–Crippen MR) is 76.0 cm³/mol. The standard InChI is InChI=1S/C16H17FN2O/c17-14-5-1-2-6-15(14)19-10-7-16(20,8-11-19)13-4-3-9-18-12-13/h1-6,9,12,20H,7-8,10-11H2. The normalized spacial score (nSPS) is 18.0. The molecule has 1 saturated heterocycles. The first-order valence-electron chi connectivity index (χ1n) is 6.81. The van der Waals surface area contributed by atoms with E-state index < -0.39 is 5.60 Å². The summed E-state index contributed by atoms with van der Waals surface area (Å²) >= 11 is 0. The lowest BCUT2D eigenvalue weighted by atomic mass is 9.85. The molecule has 1 aromatic carbocycles. The number of aliphatic hydroxyl groups is 1. The van der Waals surface area contributed by atoms with Gasteiger partial charge >= 0.3 is 0 Å². The molecule has 3 rings (SSSR count). The number of pyridine rings is 1. The lowest BCUT2D eigenvalue weighted by Crippen LogP contribution is -2.43. The molecule has 4 heteroatoms. The summed E-state index contributed by atoms with van der Waals surface area (Å²) in [5.41, 5.74) is 0.602. The van der Waals surface area contributed by atoms with Crippen molar-refractivity contribution >= 4 is 5.69 Å². The van der Waals surface area contributed by atoms with Gasteiger partial charge < -0.3 is 10.0 Å². The van der Waals surface area contributed by atoms with Crippen LogP contribution >= 0.6 is 0 Å². The maximum absolute atomic E-state index is 13.8. The monoisotopic (exact) mass is 272 g/mol. The number of piperidine rings is 1. The second-order valence-corrected chi connectivity index (χ2v) is 5.21. The SMILES string of the molecule is OC1(c2cccnc2)CCN(c2ccccc2F)CC1. The molecule has 0 radical (unpaired) electrons. The molecule has 1 aliphatic rings. The summed E-state index contributed by atoms with van der Waals surface area (Å²) in [7, 11) is 0. The maximum atomic E-state index is 13.8. The van der Waals surface area contributed by atoms with E-state index in [0.717, 1.165) is 5.56 Å². The fourth-order valence-electron chi connectivity index (χ4n) is 2.75. The summed E-state index contributed by atoms with van der Waals surface area (Å²) in [5, 5.41) is 10.7. The van der Waals surface area contributed by atoms with Crippen molar-refractivity contribution < 1.29 is 9.50 Å². The Hall–Kier alpha value is -1.94. The van der Waals surface area contributed by atoms with Gasteiger partial charge in [0.05, 0.1) is 11.3 Å². The van der Waals surface area contributed by atoms with Crippen molar-refractivity contribution in [2.24, 2.45) is 0 Å². The van der Waals surface area contributed by atoms with Crippen LogP contribution in [0.2, 0.25) is 0 Å². The van der Waals surface area contributed by atoms with E-state index in [4.69, 9.17) is 0 Å². The number of nitrogens with zero attached hydrogens (tertiary/aromatic N) is 2. The third kappa shape index (κ3) is 2.39. The van der Waals surface area contributed by atoms with E-state index in [-0.39, 0.29) is 5.82 Å². The third-order valence-corrected chi connectivity index (χ3v) is 3.98. The van der Waals surface area contributed by atoms with E-state index in [9.17, 15) is 9.50 Å². The van der Waals surface area contributed by atoms with Crippen LogP contribution in [-0.2, 0) is 5.60 Å². The van der Waals surface area contributed by atoms with Crippen molar-refractivity contribution in [2.75, 3.05) is 18.0 Å². The largest absolute Gasteiger partial charge is 0.385 e. The molecule has 1 N–H and O–H groups in total. The minimum Gasteiger partial charge on any atom is -0.385 e. The van der Waals surface area contributed by atoms with Crippen LogP contribution in [-0.4, -0.2) is 23.2 Å². The van der Waals surface area contributed by atoms with Crippen LogP contribution in [0.4, 0.5) is 10.1 Å². The molecule has 2 heterocycles. The molecule has 2 aromatic rings. The average molecular weight is 272 g/mol. The number of hydrogen-bond donors (Lipinski definition) is 1. The molecule has 0 saturated carbocycles. The minimum atomic E-state index is -0.851. The first kappa shape index (κ1) is 13.1. The topological polar surface area (TPSA) is 36.4 Å². The van der Waals surface area contributed by atoms with Gasteiger partial charge in [-0.05, 0) is 31.0 Å². The Bertz CT molecular complexity index is 580. The fraction of sp³-hybridized carbons (Fsp3) is 0.312. The Morgan fingerprint density at radius 2 is 1.85 bits per heavy atom. The maximum Gasteiger partial charge on any atom is 0.146 e. The fourth-order valence-corrected chi connectivity index (χ4v) is 2.75. The second kappa shape index (κ2) is 5.21. The highest BCUT2D eigenvalue weighted by atomic mass is 19.1. The average Bonchev–Trinajstić information content (AvgIpc) is 2.50. The van der Waals surface area contributed by atoms with Gasteiger partial charge in [-0.2, -0.15) is 0 Å². The van der Waals surface area contributed by atoms with Gasteiger partial charge in [-0.1, -0.05) is 18.2 Å². The number of aromatic nitrogens is 1. The molecule has 3 nitrogen and oxygen atoms in total. The lowest BCUT2D eigenvalue weighted by Gasteiger charge is -2.39. The van der Waals surface area contributed by atoms with Crippen molar-refractivity contribution in [3.63, 3.8) is 0 Å². The van der Waals surface area contributed by atoms with Gasteiger partial charge in [-0.15, -0.1) is 0 Å². The smallest absolute Gasteiger partial charge is 0.146 e. The number of para-hydroxylation sites is 1. The van der Waals surface area contributed by atoms with E-state index >= 15 is 0 Å². The van der Waals surface area contributed by atoms with Crippen molar-refractivity contribution in [1.82, 2.24) is 4.98 Å². The van der Waals surface area contributed by atoms with Gasteiger partial charge in [0, 0.05) is 31.0 Å². The summed E-state index contributed by atoms with van der Waals surface area (Å²) in [6.07, 6.45) is 4.56. The van der Waals surface area contributed by atoms with Crippen LogP contribution in [0, 0.1) is 5.82 Å². The summed E-state index contributed by atoms with van der Waals surface area (Å²) in [6, 6.07) is 10.5. The number of halogens is 1. The molecule has 1 aliphatic heterocycles. The Morgan fingerprint density at radius 1 is 1.10 bits per heavy atom. The van der Waals surface area contributed by atoms with Crippen molar-refractivity contribution in [2.45, 2.75) is 18.4 Å². The van der Waals surface area contributed by atoms with E-state index in [0.29, 0.717) is 31.6 Å². The zero-order valence-corrected chi connectivity index (χ0v) is 11.2. The number of rotatable bonds is 2. The van der Waals surface area contributed by atoms with Crippen LogP contribution in [0.3, 0.4) is 0 Å². The minimum absolute atomic E-state index is 0.209. The first-order valence-corrected chi connectivity index (χ1v) is 6.81. The molecule has 20 heavy (non-hydrogen) atoms. The van der Waals surface area contributed by atoms with Crippen LogP contribution in [0.1, 0.15) is 18.4 Å². The highest BCUT2D eigenvalue weighted by Gasteiger charge is 2.34. The molecule has 0 atom stereocenters. The molecule has 1 fully saturated rings. The number of benzene rings is 1. The zero-order chi connectivity index (χ0) is 14.0. The summed E-state index contributed by atoms with van der Waals surface area (Å²) < 4.78 is 13.8. The van der Waals surface area contributed by atoms with E-state index in [1.807, 2.05) is 23.1 Å². The zero-order valence-electron chi connectivity index (χ0n) is 11.2. The molecule has 104 valence electrons. The predicted octanol–water partition coefficient (Wildman–Crippen LogP) is 2.71. The van der Waals surface area contributed by atoms with Gasteiger partial charge in [-0.25, -0.2) is 4.39 Å². The highest BCUT2D eigenvalue weighted by molar-refractivity contribution is 5.48. The Kier molecular flexibility index (Phi) is 3.40. The molecule has 1 aromatic heterocycles. The first-order chi connectivity index (χ1) is 9.69. The number of hydrogen-bond acceptors (Lipinski definition) is 3.